The number of hydrogen-bond acceptors (Lipinski definition) is 1. The highest BCUT2D eigenvalue weighted by Crippen LogP contribution is 2.25. The Bertz CT molecular complexity index is 134. The molecule has 0 spiro atoms. The maximum absolute atomic E-state index is 11.1. The third-order valence-electron chi connectivity index (χ3n) is 1.80. The zero-order valence-corrected chi connectivity index (χ0v) is 6.90. The van der Waals surface area contributed by atoms with E-state index in [-0.39, 0.29) is 5.91 Å². The maximum atomic E-state index is 11.1. The number of amides is 1. The second-order valence-electron chi connectivity index (χ2n) is 2.67. The van der Waals surface area contributed by atoms with Gasteiger partial charge in [-0.1, -0.05) is 0 Å². The Morgan fingerprint density at radius 2 is 2.30 bits per heavy atom. The molecule has 0 saturated heterocycles. The summed E-state index contributed by atoms with van der Waals surface area (Å²) < 4.78 is 0. The van der Waals surface area contributed by atoms with Gasteiger partial charge in [0, 0.05) is 25.4 Å². The number of halogens is 1. The van der Waals surface area contributed by atoms with Crippen molar-refractivity contribution in [2.75, 3.05) is 12.9 Å². The summed E-state index contributed by atoms with van der Waals surface area (Å²) in [5, 5.41) is 0. The Labute approximate surface area is 66.1 Å². The standard InChI is InChI=1S/C7H12ClNO/c1-9(6-2-3-6)7(10)4-5-8/h6H,2-5H2,1H3. The number of carbonyl (C=O) groups excluding carboxylic acids is 1. The normalized spacial score (nSPS) is 17.0. The summed E-state index contributed by atoms with van der Waals surface area (Å²) in [6.07, 6.45) is 2.82. The number of carbonyl (C=O) groups is 1. The predicted molar refractivity (Wildman–Crippen MR) is 41.1 cm³/mol. The van der Waals surface area contributed by atoms with Crippen molar-refractivity contribution in [3.05, 3.63) is 0 Å². The molecule has 58 valence electrons. The van der Waals surface area contributed by atoms with E-state index in [1.165, 1.54) is 12.8 Å². The van der Waals surface area contributed by atoms with Gasteiger partial charge in [-0.25, -0.2) is 0 Å². The lowest BCUT2D eigenvalue weighted by molar-refractivity contribution is -0.129. The molecular weight excluding hydrogens is 150 g/mol. The van der Waals surface area contributed by atoms with E-state index in [2.05, 4.69) is 0 Å². The van der Waals surface area contributed by atoms with Crippen molar-refractivity contribution < 1.29 is 4.79 Å². The molecule has 0 atom stereocenters. The molecule has 0 aromatic carbocycles. The maximum Gasteiger partial charge on any atom is 0.223 e. The summed E-state index contributed by atoms with van der Waals surface area (Å²) in [6.45, 7) is 0. The SMILES string of the molecule is CN(C(=O)CCCl)C1CC1. The van der Waals surface area contributed by atoms with Crippen molar-refractivity contribution in [3.8, 4) is 0 Å². The number of nitrogens with zero attached hydrogens (tertiary/aromatic N) is 1. The summed E-state index contributed by atoms with van der Waals surface area (Å²) >= 11 is 5.42. The first-order valence-electron chi connectivity index (χ1n) is 3.57. The van der Waals surface area contributed by atoms with Crippen LogP contribution in [-0.2, 0) is 4.79 Å². The molecular formula is C7H12ClNO. The fraction of sp³-hybridized carbons (Fsp3) is 0.857. The highest BCUT2D eigenvalue weighted by Gasteiger charge is 2.28. The van der Waals surface area contributed by atoms with Crippen molar-refractivity contribution in [1.29, 1.82) is 0 Å². The molecule has 0 aromatic rings. The van der Waals surface area contributed by atoms with Crippen LogP contribution in [0.2, 0.25) is 0 Å². The second-order valence-corrected chi connectivity index (χ2v) is 3.05. The molecule has 0 heterocycles. The van der Waals surface area contributed by atoms with Crippen molar-refractivity contribution in [2.45, 2.75) is 25.3 Å². The highest BCUT2D eigenvalue weighted by molar-refractivity contribution is 6.18. The van der Waals surface area contributed by atoms with E-state index in [1.54, 1.807) is 0 Å². The van der Waals surface area contributed by atoms with E-state index in [4.69, 9.17) is 11.6 Å². The minimum atomic E-state index is 0.178. The lowest BCUT2D eigenvalue weighted by atomic mass is 10.4. The fourth-order valence-corrected chi connectivity index (χ4v) is 1.08. The minimum Gasteiger partial charge on any atom is -0.343 e. The molecule has 1 rings (SSSR count). The van der Waals surface area contributed by atoms with E-state index in [0.717, 1.165) is 0 Å². The van der Waals surface area contributed by atoms with Crippen LogP contribution >= 0.6 is 11.6 Å². The third kappa shape index (κ3) is 1.87. The topological polar surface area (TPSA) is 20.3 Å². The van der Waals surface area contributed by atoms with Crippen LogP contribution in [0.5, 0.6) is 0 Å². The highest BCUT2D eigenvalue weighted by atomic mass is 35.5. The zero-order valence-electron chi connectivity index (χ0n) is 6.14. The fourth-order valence-electron chi connectivity index (χ4n) is 0.923. The number of rotatable bonds is 3. The number of alkyl halides is 1. The van der Waals surface area contributed by atoms with Crippen LogP contribution in [0.4, 0.5) is 0 Å². The molecule has 0 aromatic heterocycles. The summed E-state index contributed by atoms with van der Waals surface area (Å²) in [5.74, 6) is 0.619. The predicted octanol–water partition coefficient (Wildman–Crippen LogP) is 1.24. The molecule has 0 unspecified atom stereocenters. The summed E-state index contributed by atoms with van der Waals surface area (Å²) in [4.78, 5) is 12.9. The average molecular weight is 162 g/mol. The smallest absolute Gasteiger partial charge is 0.223 e. The molecule has 10 heavy (non-hydrogen) atoms. The third-order valence-corrected chi connectivity index (χ3v) is 1.99. The molecule has 1 aliphatic rings. The quantitative estimate of drug-likeness (QED) is 0.571. The lowest BCUT2D eigenvalue weighted by Gasteiger charge is -2.14. The lowest BCUT2D eigenvalue weighted by Crippen LogP contribution is -2.28. The first-order chi connectivity index (χ1) is 4.75. The average Bonchev–Trinajstić information content (AvgIpc) is 2.68. The molecule has 0 N–H and O–H groups in total. The van der Waals surface area contributed by atoms with Crippen LogP contribution in [0.15, 0.2) is 0 Å². The van der Waals surface area contributed by atoms with Gasteiger partial charge in [-0.3, -0.25) is 4.79 Å². The van der Waals surface area contributed by atoms with E-state index in [9.17, 15) is 4.79 Å². The van der Waals surface area contributed by atoms with Crippen LogP contribution in [-0.4, -0.2) is 29.8 Å². The van der Waals surface area contributed by atoms with Gasteiger partial charge in [0.05, 0.1) is 0 Å². The van der Waals surface area contributed by atoms with Gasteiger partial charge in [0.25, 0.3) is 0 Å². The molecule has 1 amide bonds. The van der Waals surface area contributed by atoms with E-state index in [0.29, 0.717) is 18.3 Å². The molecule has 0 bridgehead atoms. The van der Waals surface area contributed by atoms with Gasteiger partial charge < -0.3 is 4.90 Å². The Hall–Kier alpha value is -0.240. The Balaban J connectivity index is 2.24. The van der Waals surface area contributed by atoms with Gasteiger partial charge >= 0.3 is 0 Å². The Kier molecular flexibility index (Phi) is 2.55. The molecule has 0 aliphatic heterocycles. The monoisotopic (exact) mass is 161 g/mol. The zero-order chi connectivity index (χ0) is 7.56. The molecule has 1 saturated carbocycles. The first kappa shape index (κ1) is 7.86. The van der Waals surface area contributed by atoms with Crippen LogP contribution < -0.4 is 0 Å². The summed E-state index contributed by atoms with van der Waals surface area (Å²) in [6, 6.07) is 0.524. The van der Waals surface area contributed by atoms with Crippen LogP contribution in [0.1, 0.15) is 19.3 Å². The van der Waals surface area contributed by atoms with E-state index < -0.39 is 0 Å². The van der Waals surface area contributed by atoms with Crippen molar-refractivity contribution in [3.63, 3.8) is 0 Å². The van der Waals surface area contributed by atoms with E-state index in [1.807, 2.05) is 11.9 Å². The number of hydrogen-bond donors (Lipinski definition) is 0. The van der Waals surface area contributed by atoms with Crippen LogP contribution in [0.3, 0.4) is 0 Å². The molecule has 1 fully saturated rings. The Morgan fingerprint density at radius 1 is 1.70 bits per heavy atom. The van der Waals surface area contributed by atoms with Crippen molar-refractivity contribution >= 4 is 17.5 Å². The van der Waals surface area contributed by atoms with Crippen LogP contribution in [0, 0.1) is 0 Å². The van der Waals surface area contributed by atoms with Crippen molar-refractivity contribution in [2.24, 2.45) is 0 Å². The Morgan fingerprint density at radius 3 is 2.70 bits per heavy atom. The van der Waals surface area contributed by atoms with Gasteiger partial charge in [-0.15, -0.1) is 11.6 Å². The van der Waals surface area contributed by atoms with Gasteiger partial charge in [0.2, 0.25) is 5.91 Å². The summed E-state index contributed by atoms with van der Waals surface area (Å²) in [7, 11) is 1.85. The molecule has 0 radical (unpaired) electrons. The molecule has 1 aliphatic carbocycles. The second kappa shape index (κ2) is 3.24. The van der Waals surface area contributed by atoms with Gasteiger partial charge in [0.1, 0.15) is 0 Å². The minimum absolute atomic E-state index is 0.178. The van der Waals surface area contributed by atoms with Crippen molar-refractivity contribution in [1.82, 2.24) is 4.90 Å². The van der Waals surface area contributed by atoms with Gasteiger partial charge in [-0.05, 0) is 12.8 Å². The molecule has 2 nitrogen and oxygen atoms in total. The van der Waals surface area contributed by atoms with Crippen LogP contribution in [0.25, 0.3) is 0 Å². The van der Waals surface area contributed by atoms with E-state index >= 15 is 0 Å². The van der Waals surface area contributed by atoms with Gasteiger partial charge in [-0.2, -0.15) is 0 Å². The van der Waals surface area contributed by atoms with Gasteiger partial charge in [0.15, 0.2) is 0 Å². The first-order valence-corrected chi connectivity index (χ1v) is 4.10. The molecule has 3 heteroatoms. The largest absolute Gasteiger partial charge is 0.343 e. The summed E-state index contributed by atoms with van der Waals surface area (Å²) in [5.41, 5.74) is 0.